The fourth-order valence-electron chi connectivity index (χ4n) is 2.73. The molecule has 1 aliphatic carbocycles. The van der Waals surface area contributed by atoms with Crippen molar-refractivity contribution in [3.63, 3.8) is 0 Å². The summed E-state index contributed by atoms with van der Waals surface area (Å²) in [7, 11) is 0. The molecule has 1 aliphatic rings. The summed E-state index contributed by atoms with van der Waals surface area (Å²) in [6, 6.07) is 1.32. The van der Waals surface area contributed by atoms with Gasteiger partial charge in [-0.15, -0.1) is 0 Å². The Morgan fingerprint density at radius 3 is 2.53 bits per heavy atom. The smallest absolute Gasteiger partial charge is 0.0657 e. The number of rotatable bonds is 8. The maximum atomic E-state index is 4.87. The van der Waals surface area contributed by atoms with E-state index in [1.165, 1.54) is 29.8 Å². The Hall–Kier alpha value is -0.830. The summed E-state index contributed by atoms with van der Waals surface area (Å²) in [5.41, 5.74) is 4.29. The van der Waals surface area contributed by atoms with Crippen LogP contribution in [0.3, 0.4) is 0 Å². The average Bonchev–Trinajstić information content (AvgIpc) is 3.18. The normalized spacial score (nSPS) is 16.8. The van der Waals surface area contributed by atoms with E-state index in [1.54, 1.807) is 0 Å². The zero-order valence-electron chi connectivity index (χ0n) is 13.0. The summed E-state index contributed by atoms with van der Waals surface area (Å²) < 4.78 is 2.28. The topological polar surface area (TPSA) is 29.9 Å². The fourth-order valence-corrected chi connectivity index (χ4v) is 2.73. The van der Waals surface area contributed by atoms with E-state index in [1.807, 2.05) is 0 Å². The number of hydrogen-bond donors (Lipinski definition) is 1. The van der Waals surface area contributed by atoms with Crippen molar-refractivity contribution in [2.45, 2.75) is 78.3 Å². The molecule has 0 amide bonds. The highest BCUT2D eigenvalue weighted by Crippen LogP contribution is 2.23. The molecule has 0 saturated heterocycles. The molecule has 0 bridgehead atoms. The highest BCUT2D eigenvalue weighted by molar-refractivity contribution is 5.27. The maximum absolute atomic E-state index is 4.87. The van der Waals surface area contributed by atoms with Gasteiger partial charge in [-0.05, 0) is 57.6 Å². The number of nitrogens with zero attached hydrogens (tertiary/aromatic N) is 2. The molecule has 1 aromatic rings. The van der Waals surface area contributed by atoms with Gasteiger partial charge in [-0.25, -0.2) is 0 Å². The van der Waals surface area contributed by atoms with E-state index in [-0.39, 0.29) is 0 Å². The van der Waals surface area contributed by atoms with E-state index in [2.05, 4.69) is 37.7 Å². The molecule has 3 nitrogen and oxygen atoms in total. The van der Waals surface area contributed by atoms with Gasteiger partial charge in [-0.2, -0.15) is 5.10 Å². The van der Waals surface area contributed by atoms with Gasteiger partial charge >= 0.3 is 0 Å². The lowest BCUT2D eigenvalue weighted by molar-refractivity contribution is 0.458. The Kier molecular flexibility index (Phi) is 5.03. The molecule has 0 radical (unpaired) electrons. The minimum absolute atomic E-state index is 0.519. The van der Waals surface area contributed by atoms with E-state index in [9.17, 15) is 0 Å². The molecule has 1 heterocycles. The van der Waals surface area contributed by atoms with Crippen LogP contribution in [0.25, 0.3) is 0 Å². The van der Waals surface area contributed by atoms with E-state index in [4.69, 9.17) is 5.10 Å². The highest BCUT2D eigenvalue weighted by atomic mass is 15.3. The van der Waals surface area contributed by atoms with Crippen LogP contribution in [0.4, 0.5) is 0 Å². The summed E-state index contributed by atoms with van der Waals surface area (Å²) in [6.07, 6.45) is 7.17. The van der Waals surface area contributed by atoms with Gasteiger partial charge in [0.15, 0.2) is 0 Å². The minimum Gasteiger partial charge on any atom is -0.314 e. The zero-order chi connectivity index (χ0) is 13.8. The third-order valence-electron chi connectivity index (χ3n) is 4.27. The van der Waals surface area contributed by atoms with E-state index < -0.39 is 0 Å². The Bertz CT molecular complexity index is 404. The molecular weight excluding hydrogens is 234 g/mol. The van der Waals surface area contributed by atoms with Gasteiger partial charge in [0.2, 0.25) is 0 Å². The van der Waals surface area contributed by atoms with Crippen molar-refractivity contribution in [2.24, 2.45) is 0 Å². The van der Waals surface area contributed by atoms with Crippen LogP contribution in [-0.4, -0.2) is 22.4 Å². The first-order valence-electron chi connectivity index (χ1n) is 8.03. The first-order valence-corrected chi connectivity index (χ1v) is 8.03. The van der Waals surface area contributed by atoms with E-state index >= 15 is 0 Å². The van der Waals surface area contributed by atoms with Crippen LogP contribution < -0.4 is 5.32 Å². The first kappa shape index (κ1) is 14.6. The first-order chi connectivity index (χ1) is 9.21. The van der Waals surface area contributed by atoms with E-state index in [0.29, 0.717) is 6.04 Å². The third kappa shape index (κ3) is 3.38. The Labute approximate surface area is 117 Å². The molecule has 1 fully saturated rings. The molecule has 0 aromatic carbocycles. The van der Waals surface area contributed by atoms with Crippen LogP contribution in [0.5, 0.6) is 0 Å². The van der Waals surface area contributed by atoms with E-state index in [0.717, 1.165) is 38.3 Å². The lowest BCUT2D eigenvalue weighted by Gasteiger charge is -2.14. The molecule has 1 saturated carbocycles. The van der Waals surface area contributed by atoms with Crippen LogP contribution in [0, 0.1) is 0 Å². The Morgan fingerprint density at radius 2 is 2.00 bits per heavy atom. The maximum Gasteiger partial charge on any atom is 0.0657 e. The highest BCUT2D eigenvalue weighted by Gasteiger charge is 2.21. The van der Waals surface area contributed by atoms with Gasteiger partial charge in [0, 0.05) is 17.8 Å². The second kappa shape index (κ2) is 6.56. The van der Waals surface area contributed by atoms with Crippen LogP contribution in [0.2, 0.25) is 0 Å². The fraction of sp³-hybridized carbons (Fsp3) is 0.812. The van der Waals surface area contributed by atoms with Gasteiger partial charge in [0.05, 0.1) is 5.69 Å². The number of aromatic nitrogens is 2. The third-order valence-corrected chi connectivity index (χ3v) is 4.27. The molecule has 2 rings (SSSR count). The lowest BCUT2D eigenvalue weighted by Crippen LogP contribution is -2.20. The molecule has 1 unspecified atom stereocenters. The second-order valence-corrected chi connectivity index (χ2v) is 5.76. The summed E-state index contributed by atoms with van der Waals surface area (Å²) in [5.74, 6) is 0. The largest absolute Gasteiger partial charge is 0.314 e. The molecule has 1 atom stereocenters. The van der Waals surface area contributed by atoms with Crippen LogP contribution in [0.15, 0.2) is 0 Å². The monoisotopic (exact) mass is 263 g/mol. The standard InChI is InChI=1S/C16H29N3/c1-5-12(4)19-16(7-3)14(15(6-2)18-19)10-11-17-13-8-9-13/h12-13,17H,5-11H2,1-4H3. The average molecular weight is 263 g/mol. The molecule has 108 valence electrons. The lowest BCUT2D eigenvalue weighted by atomic mass is 10.1. The predicted molar refractivity (Wildman–Crippen MR) is 80.7 cm³/mol. The molecule has 0 spiro atoms. The molecule has 1 aromatic heterocycles. The van der Waals surface area contributed by atoms with Crippen molar-refractivity contribution >= 4 is 0 Å². The molecule has 19 heavy (non-hydrogen) atoms. The van der Waals surface area contributed by atoms with Crippen molar-refractivity contribution < 1.29 is 0 Å². The quantitative estimate of drug-likeness (QED) is 0.780. The summed E-state index contributed by atoms with van der Waals surface area (Å²) in [6.45, 7) is 10.1. The molecule has 0 aliphatic heterocycles. The van der Waals surface area contributed by atoms with Crippen LogP contribution >= 0.6 is 0 Å². The molecule has 1 N–H and O–H groups in total. The van der Waals surface area contributed by atoms with Gasteiger partial charge in [0.25, 0.3) is 0 Å². The number of aryl methyl sites for hydroxylation is 1. The summed E-state index contributed by atoms with van der Waals surface area (Å²) in [5, 5.41) is 8.50. The van der Waals surface area contributed by atoms with Crippen molar-refractivity contribution in [3.05, 3.63) is 17.0 Å². The van der Waals surface area contributed by atoms with Crippen molar-refractivity contribution in [3.8, 4) is 0 Å². The minimum atomic E-state index is 0.519. The predicted octanol–water partition coefficient (Wildman–Crippen LogP) is 3.27. The van der Waals surface area contributed by atoms with Gasteiger partial charge < -0.3 is 5.32 Å². The van der Waals surface area contributed by atoms with Crippen LogP contribution in [-0.2, 0) is 19.3 Å². The van der Waals surface area contributed by atoms with Gasteiger partial charge in [0.1, 0.15) is 0 Å². The van der Waals surface area contributed by atoms with Crippen molar-refractivity contribution in [2.75, 3.05) is 6.54 Å². The Morgan fingerprint density at radius 1 is 1.26 bits per heavy atom. The summed E-state index contributed by atoms with van der Waals surface area (Å²) in [4.78, 5) is 0. The van der Waals surface area contributed by atoms with Gasteiger partial charge in [-0.3, -0.25) is 4.68 Å². The van der Waals surface area contributed by atoms with Crippen LogP contribution in [0.1, 0.15) is 70.0 Å². The van der Waals surface area contributed by atoms with Gasteiger partial charge in [-0.1, -0.05) is 20.8 Å². The SMILES string of the molecule is CCc1nn(C(C)CC)c(CC)c1CCNC1CC1. The number of hydrogen-bond acceptors (Lipinski definition) is 2. The Balaban J connectivity index is 2.14. The second-order valence-electron chi connectivity index (χ2n) is 5.76. The van der Waals surface area contributed by atoms with Crippen molar-refractivity contribution in [1.29, 1.82) is 0 Å². The molecular formula is C16H29N3. The zero-order valence-corrected chi connectivity index (χ0v) is 13.0. The summed E-state index contributed by atoms with van der Waals surface area (Å²) >= 11 is 0. The molecule has 3 heteroatoms. The number of nitrogens with one attached hydrogen (secondary N) is 1. The van der Waals surface area contributed by atoms with Crippen molar-refractivity contribution in [1.82, 2.24) is 15.1 Å².